The van der Waals surface area contributed by atoms with Gasteiger partial charge in [0.1, 0.15) is 6.04 Å². The minimum absolute atomic E-state index is 0.00834. The monoisotopic (exact) mass is 343 g/mol. The number of nitrogens with one attached hydrogen (secondary N) is 2. The number of rotatable bonds is 7. The van der Waals surface area contributed by atoms with Crippen molar-refractivity contribution in [1.29, 1.82) is 0 Å². The molecule has 1 atom stereocenters. The second-order valence-electron chi connectivity index (χ2n) is 6.08. The van der Waals surface area contributed by atoms with Gasteiger partial charge in [-0.3, -0.25) is 9.59 Å². The number of hydrogen-bond donors (Lipinski definition) is 2. The predicted octanol–water partition coefficient (Wildman–Crippen LogP) is 2.29. The van der Waals surface area contributed by atoms with Crippen LogP contribution in [0.5, 0.6) is 0 Å². The van der Waals surface area contributed by atoms with Crippen LogP contribution in [0.4, 0.5) is 0 Å². The van der Waals surface area contributed by atoms with Crippen LogP contribution in [0.1, 0.15) is 30.5 Å². The lowest BCUT2D eigenvalue weighted by atomic mass is 9.84. The van der Waals surface area contributed by atoms with Crippen molar-refractivity contribution in [3.8, 4) is 0 Å². The third-order valence-electron chi connectivity index (χ3n) is 4.32. The fourth-order valence-corrected chi connectivity index (χ4v) is 3.20. The van der Waals surface area contributed by atoms with Crippen LogP contribution in [0.2, 0.25) is 0 Å². The van der Waals surface area contributed by atoms with Crippen molar-refractivity contribution in [1.82, 2.24) is 15.6 Å². The average Bonchev–Trinajstić information content (AvgIpc) is 3.04. The number of hydrogen-bond acceptors (Lipinski definition) is 4. The summed E-state index contributed by atoms with van der Waals surface area (Å²) in [7, 11) is 0. The Kier molecular flexibility index (Phi) is 5.59. The molecule has 0 radical (unpaired) electrons. The zero-order valence-electron chi connectivity index (χ0n) is 13.4. The Balaban J connectivity index is 1.63. The Morgan fingerprint density at radius 2 is 2.04 bits per heavy atom. The van der Waals surface area contributed by atoms with E-state index in [4.69, 9.17) is 0 Å². The number of benzene rings is 1. The fourth-order valence-electron chi connectivity index (χ4n) is 2.64. The molecular weight excluding hydrogens is 322 g/mol. The van der Waals surface area contributed by atoms with Gasteiger partial charge in [0, 0.05) is 17.7 Å². The number of amides is 2. The summed E-state index contributed by atoms with van der Waals surface area (Å²) < 4.78 is 0. The second kappa shape index (κ2) is 8.06. The van der Waals surface area contributed by atoms with Crippen molar-refractivity contribution in [3.05, 3.63) is 52.5 Å². The molecule has 6 heteroatoms. The Morgan fingerprint density at radius 1 is 1.25 bits per heavy atom. The van der Waals surface area contributed by atoms with Crippen molar-refractivity contribution in [2.75, 3.05) is 0 Å². The highest BCUT2D eigenvalue weighted by atomic mass is 32.1. The smallest absolute Gasteiger partial charge is 0.243 e. The lowest BCUT2D eigenvalue weighted by Gasteiger charge is -2.27. The van der Waals surface area contributed by atoms with Crippen LogP contribution >= 0.6 is 11.3 Å². The summed E-state index contributed by atoms with van der Waals surface area (Å²) in [4.78, 5) is 29.0. The molecule has 0 aliphatic heterocycles. The van der Waals surface area contributed by atoms with E-state index in [2.05, 4.69) is 15.6 Å². The van der Waals surface area contributed by atoms with Crippen LogP contribution in [0, 0.1) is 5.92 Å². The lowest BCUT2D eigenvalue weighted by Crippen LogP contribution is -2.50. The Labute approximate surface area is 145 Å². The standard InChI is InChI=1S/C18H21N3O2S/c22-17(14-7-4-8-14)21-16(9-13-5-2-1-3-6-13)18(23)19-10-15-11-24-12-20-15/h1-3,5-6,11-12,14,16H,4,7-10H2,(H,19,23)(H,21,22)/t16-/m1/s1. The van der Waals surface area contributed by atoms with Gasteiger partial charge in [-0.25, -0.2) is 4.98 Å². The van der Waals surface area contributed by atoms with E-state index in [0.29, 0.717) is 13.0 Å². The molecule has 0 bridgehead atoms. The third kappa shape index (κ3) is 4.41. The summed E-state index contributed by atoms with van der Waals surface area (Å²) in [6.45, 7) is 0.382. The second-order valence-corrected chi connectivity index (χ2v) is 6.79. The first-order valence-corrected chi connectivity index (χ1v) is 9.16. The summed E-state index contributed by atoms with van der Waals surface area (Å²) in [5.74, 6) is -0.111. The number of aromatic nitrogens is 1. The van der Waals surface area contributed by atoms with E-state index in [9.17, 15) is 9.59 Å². The molecule has 2 amide bonds. The van der Waals surface area contributed by atoms with E-state index in [1.165, 1.54) is 11.3 Å². The molecule has 1 saturated carbocycles. The number of carbonyl (C=O) groups excluding carboxylic acids is 2. The molecule has 5 nitrogen and oxygen atoms in total. The summed E-state index contributed by atoms with van der Waals surface area (Å²) in [5.41, 5.74) is 3.60. The van der Waals surface area contributed by atoms with Crippen molar-refractivity contribution < 1.29 is 9.59 Å². The fraction of sp³-hybridized carbons (Fsp3) is 0.389. The normalized spacial score (nSPS) is 15.3. The molecule has 1 aliphatic rings. The maximum absolute atomic E-state index is 12.6. The Hall–Kier alpha value is -2.21. The van der Waals surface area contributed by atoms with Gasteiger partial charge in [-0.05, 0) is 18.4 Å². The topological polar surface area (TPSA) is 71.1 Å². The van der Waals surface area contributed by atoms with Crippen molar-refractivity contribution in [3.63, 3.8) is 0 Å². The summed E-state index contributed by atoms with van der Waals surface area (Å²) in [6.07, 6.45) is 3.42. The van der Waals surface area contributed by atoms with Crippen molar-refractivity contribution in [2.45, 2.75) is 38.3 Å². The molecule has 126 valence electrons. The SMILES string of the molecule is O=C(N[C@H](Cc1ccccc1)C(=O)NCc1cscn1)C1CCC1. The first kappa shape index (κ1) is 16.6. The highest BCUT2D eigenvalue weighted by molar-refractivity contribution is 7.07. The van der Waals surface area contributed by atoms with Crippen molar-refractivity contribution >= 4 is 23.2 Å². The van der Waals surface area contributed by atoms with Crippen LogP contribution < -0.4 is 10.6 Å². The predicted molar refractivity (Wildman–Crippen MR) is 93.4 cm³/mol. The van der Waals surface area contributed by atoms with Gasteiger partial charge in [0.05, 0.1) is 17.7 Å². The molecule has 1 aromatic heterocycles. The van der Waals surface area contributed by atoms with Crippen LogP contribution in [0.3, 0.4) is 0 Å². The first-order chi connectivity index (χ1) is 11.7. The van der Waals surface area contributed by atoms with E-state index in [0.717, 1.165) is 30.5 Å². The third-order valence-corrected chi connectivity index (χ3v) is 4.95. The molecule has 3 rings (SSSR count). The quantitative estimate of drug-likeness (QED) is 0.810. The van der Waals surface area contributed by atoms with Crippen LogP contribution in [-0.4, -0.2) is 22.8 Å². The largest absolute Gasteiger partial charge is 0.349 e. The highest BCUT2D eigenvalue weighted by Crippen LogP contribution is 2.26. The minimum atomic E-state index is -0.556. The summed E-state index contributed by atoms with van der Waals surface area (Å²) >= 11 is 1.50. The van der Waals surface area contributed by atoms with Crippen LogP contribution in [0.15, 0.2) is 41.2 Å². The molecule has 24 heavy (non-hydrogen) atoms. The zero-order valence-corrected chi connectivity index (χ0v) is 14.2. The molecule has 2 N–H and O–H groups in total. The number of thiazole rings is 1. The first-order valence-electron chi connectivity index (χ1n) is 8.21. The number of carbonyl (C=O) groups is 2. The average molecular weight is 343 g/mol. The zero-order chi connectivity index (χ0) is 16.8. The molecule has 0 spiro atoms. The molecule has 1 aliphatic carbocycles. The molecule has 1 aromatic carbocycles. The minimum Gasteiger partial charge on any atom is -0.349 e. The molecular formula is C18H21N3O2S. The molecule has 0 saturated heterocycles. The van der Waals surface area contributed by atoms with Gasteiger partial charge in [-0.15, -0.1) is 11.3 Å². The van der Waals surface area contributed by atoms with Gasteiger partial charge in [0.15, 0.2) is 0 Å². The molecule has 1 fully saturated rings. The number of nitrogens with zero attached hydrogens (tertiary/aromatic N) is 1. The lowest BCUT2D eigenvalue weighted by molar-refractivity contribution is -0.132. The van der Waals surface area contributed by atoms with Gasteiger partial charge in [-0.2, -0.15) is 0 Å². The molecule has 2 aromatic rings. The van der Waals surface area contributed by atoms with E-state index in [1.807, 2.05) is 35.7 Å². The summed E-state index contributed by atoms with van der Waals surface area (Å²) in [6, 6.07) is 9.19. The highest BCUT2D eigenvalue weighted by Gasteiger charge is 2.29. The van der Waals surface area contributed by atoms with E-state index in [-0.39, 0.29) is 17.7 Å². The summed E-state index contributed by atoms with van der Waals surface area (Å²) in [5, 5.41) is 7.71. The van der Waals surface area contributed by atoms with Gasteiger partial charge in [-0.1, -0.05) is 36.8 Å². The van der Waals surface area contributed by atoms with Crippen LogP contribution in [0.25, 0.3) is 0 Å². The van der Waals surface area contributed by atoms with E-state index >= 15 is 0 Å². The van der Waals surface area contributed by atoms with E-state index < -0.39 is 6.04 Å². The molecule has 0 unspecified atom stereocenters. The van der Waals surface area contributed by atoms with Gasteiger partial charge >= 0.3 is 0 Å². The Morgan fingerprint density at radius 3 is 2.67 bits per heavy atom. The van der Waals surface area contributed by atoms with Gasteiger partial charge in [0.2, 0.25) is 11.8 Å². The molecule has 1 heterocycles. The van der Waals surface area contributed by atoms with E-state index in [1.54, 1.807) is 5.51 Å². The van der Waals surface area contributed by atoms with Crippen molar-refractivity contribution in [2.24, 2.45) is 5.92 Å². The maximum Gasteiger partial charge on any atom is 0.243 e. The van der Waals surface area contributed by atoms with Gasteiger partial charge < -0.3 is 10.6 Å². The Bertz CT molecular complexity index is 669. The van der Waals surface area contributed by atoms with Gasteiger partial charge in [0.25, 0.3) is 0 Å². The van der Waals surface area contributed by atoms with Crippen LogP contribution in [-0.2, 0) is 22.6 Å². The maximum atomic E-state index is 12.6.